The van der Waals surface area contributed by atoms with Crippen molar-refractivity contribution in [2.75, 3.05) is 17.5 Å². The number of amides is 2. The first-order valence-electron chi connectivity index (χ1n) is 11.6. The number of aryl methyl sites for hydroxylation is 1. The quantitative estimate of drug-likeness (QED) is 0.604. The van der Waals surface area contributed by atoms with Crippen molar-refractivity contribution in [1.82, 2.24) is 19.8 Å². The molecule has 0 spiro atoms. The van der Waals surface area contributed by atoms with Crippen LogP contribution in [0.2, 0.25) is 0 Å². The minimum atomic E-state index is -4.16. The van der Waals surface area contributed by atoms with Crippen molar-refractivity contribution in [2.45, 2.75) is 51.1 Å². The van der Waals surface area contributed by atoms with Gasteiger partial charge in [-0.1, -0.05) is 29.9 Å². The number of ether oxygens (including phenoxy) is 1. The van der Waals surface area contributed by atoms with Crippen LogP contribution in [0.15, 0.2) is 41.6 Å². The maximum atomic E-state index is 13.5. The number of hydrogen-bond acceptors (Lipinski definition) is 5. The fourth-order valence-electron chi connectivity index (χ4n) is 5.61. The summed E-state index contributed by atoms with van der Waals surface area (Å²) in [6, 6.07) is -1.14. The molecule has 0 aromatic carbocycles. The SMILES string of the molecule is Cc1c(N(C2CCOCC2)S(=O)(=O)NC(=O)NC2C3C=CC=C3C=C3CCCC32)cnn1C.[NaH]. The molecule has 2 N–H and O–H groups in total. The summed E-state index contributed by atoms with van der Waals surface area (Å²) in [7, 11) is -2.40. The van der Waals surface area contributed by atoms with E-state index in [9.17, 15) is 13.2 Å². The molecule has 1 aromatic rings. The number of fused-ring (bicyclic) bond motifs is 2. The first-order chi connectivity index (χ1) is 15.8. The molecule has 1 saturated carbocycles. The van der Waals surface area contributed by atoms with Crippen molar-refractivity contribution in [2.24, 2.45) is 18.9 Å². The molecule has 2 amide bonds. The number of aromatic nitrogens is 2. The molecule has 11 heteroatoms. The number of urea groups is 1. The van der Waals surface area contributed by atoms with E-state index in [1.165, 1.54) is 15.5 Å². The first kappa shape index (κ1) is 25.5. The summed E-state index contributed by atoms with van der Waals surface area (Å²) in [5, 5.41) is 7.23. The van der Waals surface area contributed by atoms with Gasteiger partial charge in [0.25, 0.3) is 0 Å². The minimum absolute atomic E-state index is 0. The van der Waals surface area contributed by atoms with Gasteiger partial charge in [0.05, 0.1) is 23.6 Å². The van der Waals surface area contributed by atoms with Crippen LogP contribution < -0.4 is 14.3 Å². The molecule has 3 aliphatic carbocycles. The molecule has 34 heavy (non-hydrogen) atoms. The molecule has 1 aromatic heterocycles. The summed E-state index contributed by atoms with van der Waals surface area (Å²) in [6.45, 7) is 2.77. The number of nitrogens with one attached hydrogen (secondary N) is 2. The van der Waals surface area contributed by atoms with Gasteiger partial charge in [-0.2, -0.15) is 13.5 Å². The van der Waals surface area contributed by atoms with Gasteiger partial charge in [0.15, 0.2) is 0 Å². The Morgan fingerprint density at radius 3 is 2.74 bits per heavy atom. The Morgan fingerprint density at radius 1 is 1.26 bits per heavy atom. The third-order valence-corrected chi connectivity index (χ3v) is 8.83. The van der Waals surface area contributed by atoms with Crippen molar-refractivity contribution < 1.29 is 17.9 Å². The van der Waals surface area contributed by atoms with E-state index in [2.05, 4.69) is 33.4 Å². The van der Waals surface area contributed by atoms with Gasteiger partial charge >= 0.3 is 45.8 Å². The molecular weight excluding hydrogens is 465 g/mol. The molecule has 1 saturated heterocycles. The number of anilines is 1. The predicted octanol–water partition coefficient (Wildman–Crippen LogP) is 1.83. The van der Waals surface area contributed by atoms with Gasteiger partial charge < -0.3 is 10.1 Å². The van der Waals surface area contributed by atoms with Gasteiger partial charge in [0.2, 0.25) is 0 Å². The Balaban J connectivity index is 0.00000274. The van der Waals surface area contributed by atoms with Crippen molar-refractivity contribution in [1.29, 1.82) is 0 Å². The summed E-state index contributed by atoms with van der Waals surface area (Å²) in [6.07, 6.45) is 14.2. The summed E-state index contributed by atoms with van der Waals surface area (Å²) >= 11 is 0. The van der Waals surface area contributed by atoms with Crippen molar-refractivity contribution in [3.63, 3.8) is 0 Å². The van der Waals surface area contributed by atoms with E-state index in [1.807, 2.05) is 13.0 Å². The average Bonchev–Trinajstić information content (AvgIpc) is 3.51. The standard InChI is InChI=1S/C23H31N5O4S.Na.H/c1-15-21(14-24-27(15)2)28(18-9-11-32-12-10-18)33(30,31)26-23(29)25-22-19-7-3-5-16(19)13-17-6-4-8-20(17)22;;/h3,5,7,13-14,18-20,22H,4,6,8-12H2,1-2H3,(H2,25,26,29);;. The number of rotatable bonds is 5. The molecule has 3 atom stereocenters. The monoisotopic (exact) mass is 497 g/mol. The average molecular weight is 498 g/mol. The third kappa shape index (κ3) is 4.75. The zero-order valence-corrected chi connectivity index (χ0v) is 19.8. The third-order valence-electron chi connectivity index (χ3n) is 7.37. The van der Waals surface area contributed by atoms with Gasteiger partial charge in [-0.15, -0.1) is 0 Å². The zero-order valence-electron chi connectivity index (χ0n) is 19.0. The fraction of sp³-hybridized carbons (Fsp3) is 0.565. The van der Waals surface area contributed by atoms with Crippen LogP contribution in [0.25, 0.3) is 0 Å². The number of nitrogens with zero attached hydrogens (tertiary/aromatic N) is 3. The summed E-state index contributed by atoms with van der Waals surface area (Å²) in [5.74, 6) is 0.327. The normalized spacial score (nSPS) is 26.1. The van der Waals surface area contributed by atoms with Crippen LogP contribution in [0.3, 0.4) is 0 Å². The fourth-order valence-corrected chi connectivity index (χ4v) is 7.05. The van der Waals surface area contributed by atoms with E-state index < -0.39 is 16.2 Å². The molecular formula is C23H32N5NaO4S. The van der Waals surface area contributed by atoms with Gasteiger partial charge in [-0.3, -0.25) is 4.68 Å². The van der Waals surface area contributed by atoms with Crippen LogP contribution in [0.5, 0.6) is 0 Å². The summed E-state index contributed by atoms with van der Waals surface area (Å²) < 4.78 is 37.8. The van der Waals surface area contributed by atoms with E-state index in [0.717, 1.165) is 19.3 Å². The second-order valence-corrected chi connectivity index (χ2v) is 10.8. The molecule has 4 aliphatic rings. The van der Waals surface area contributed by atoms with E-state index >= 15 is 0 Å². The zero-order chi connectivity index (χ0) is 23.2. The Labute approximate surface area is 223 Å². The number of hydrogen-bond donors (Lipinski definition) is 2. The molecule has 1 aliphatic heterocycles. The van der Waals surface area contributed by atoms with Crippen LogP contribution in [0.1, 0.15) is 37.8 Å². The van der Waals surface area contributed by atoms with Crippen molar-refractivity contribution >= 4 is 51.5 Å². The van der Waals surface area contributed by atoms with E-state index in [1.54, 1.807) is 17.9 Å². The second kappa shape index (κ2) is 10.2. The Bertz CT molecular complexity index is 1140. The van der Waals surface area contributed by atoms with E-state index in [-0.39, 0.29) is 53.5 Å². The van der Waals surface area contributed by atoms with E-state index in [0.29, 0.717) is 37.4 Å². The van der Waals surface area contributed by atoms with Crippen LogP contribution in [-0.2, 0) is 22.0 Å². The van der Waals surface area contributed by atoms with Crippen molar-refractivity contribution in [3.8, 4) is 0 Å². The predicted molar refractivity (Wildman–Crippen MR) is 132 cm³/mol. The number of carbonyl (C=O) groups excluding carboxylic acids is 1. The maximum absolute atomic E-state index is 13.5. The van der Waals surface area contributed by atoms with Crippen LogP contribution in [-0.4, -0.2) is 79.1 Å². The number of carbonyl (C=O) groups is 1. The van der Waals surface area contributed by atoms with Gasteiger partial charge in [-0.25, -0.2) is 13.8 Å². The van der Waals surface area contributed by atoms with Crippen LogP contribution in [0, 0.1) is 18.8 Å². The molecule has 180 valence electrons. The second-order valence-electron chi connectivity index (χ2n) is 9.28. The molecule has 0 radical (unpaired) electrons. The molecule has 9 nitrogen and oxygen atoms in total. The van der Waals surface area contributed by atoms with Gasteiger partial charge in [0, 0.05) is 38.1 Å². The Morgan fingerprint density at radius 2 is 2.03 bits per heavy atom. The summed E-state index contributed by atoms with van der Waals surface area (Å²) in [5.41, 5.74) is 3.73. The van der Waals surface area contributed by atoms with E-state index in [4.69, 9.17) is 4.74 Å². The molecule has 5 rings (SSSR count). The van der Waals surface area contributed by atoms with Crippen LogP contribution >= 0.6 is 0 Å². The Hall–Kier alpha value is -1.59. The van der Waals surface area contributed by atoms with Crippen LogP contribution in [0.4, 0.5) is 10.5 Å². The first-order valence-corrected chi connectivity index (χ1v) is 13.1. The molecule has 3 unspecified atom stereocenters. The van der Waals surface area contributed by atoms with Gasteiger partial charge in [-0.05, 0) is 44.6 Å². The summed E-state index contributed by atoms with van der Waals surface area (Å²) in [4.78, 5) is 13.1. The molecule has 2 fully saturated rings. The Kier molecular flexibility index (Phi) is 7.64. The van der Waals surface area contributed by atoms with Crippen molar-refractivity contribution in [3.05, 3.63) is 47.3 Å². The topological polar surface area (TPSA) is 106 Å². The number of allylic oxidation sites excluding steroid dienone is 3. The van der Waals surface area contributed by atoms with Gasteiger partial charge in [0.1, 0.15) is 0 Å². The molecule has 0 bridgehead atoms. The molecule has 2 heterocycles.